The van der Waals surface area contributed by atoms with Crippen molar-refractivity contribution in [3.8, 4) is 11.5 Å². The Morgan fingerprint density at radius 1 is 0.794 bits per heavy atom. The van der Waals surface area contributed by atoms with Crippen LogP contribution < -0.4 is 68.5 Å². The molecule has 5 aromatic carbocycles. The lowest BCUT2D eigenvalue weighted by Crippen LogP contribution is -2.53. The number of benzene rings is 5. The van der Waals surface area contributed by atoms with Gasteiger partial charge in [-0.25, -0.2) is 10.2 Å². The van der Waals surface area contributed by atoms with E-state index in [1.165, 1.54) is 14.0 Å². The van der Waals surface area contributed by atoms with Gasteiger partial charge in [0.2, 0.25) is 35.4 Å². The number of likely N-dealkylation sites (tertiary alicyclic amines) is 1. The van der Waals surface area contributed by atoms with Crippen LogP contribution in [0, 0.1) is 5.41 Å². The Morgan fingerprint density at radius 3 is 2.14 bits per heavy atom. The summed E-state index contributed by atoms with van der Waals surface area (Å²) in [7, 11) is 1.51. The number of hydrogen-bond donors (Lipinski definition) is 14. The van der Waals surface area contributed by atoms with Gasteiger partial charge < -0.3 is 87.6 Å². The van der Waals surface area contributed by atoms with E-state index in [4.69, 9.17) is 47.4 Å². The lowest BCUT2D eigenvalue weighted by Gasteiger charge is -2.21. The number of imide groups is 1. The number of carbonyl (C=O) groups excluding carboxylic acids is 10. The summed E-state index contributed by atoms with van der Waals surface area (Å²) >= 11 is 7.57. The SMILES string of the molecule is COc1ccc(C(OCC/C(C)=N\NC(=O)Nc2ccc3[nH]c(C(=O)Nc4ccc5[nH]c(C(=O)N6CC(CCl)c7c6cc(OC(C)=O)c6ccccc76)cc5c4)cc3c2)OCCN2C(=O)CC(SCCNC(=O)[C@H](CC(=O)O)NC(=O)CNC(=O)[C@H](CCCNC(=N)N)NC(=O)CN)C2=O)cc1. The number of aliphatic carboxylic acids is 1. The minimum absolute atomic E-state index is 0.0600. The third kappa shape index (κ3) is 19.9. The number of guanidine groups is 1. The number of nitrogens with two attached hydrogens (primary N) is 2. The van der Waals surface area contributed by atoms with Crippen molar-refractivity contribution in [1.82, 2.24) is 46.9 Å². The number of methoxy groups -OCH3 is 1. The number of carboxylic acid groups (broad SMARTS) is 1. The summed E-state index contributed by atoms with van der Waals surface area (Å²) in [6, 6.07) is 26.4. The minimum atomic E-state index is -1.56. The van der Waals surface area contributed by atoms with Gasteiger partial charge in [0.05, 0.1) is 57.3 Å². The first kappa shape index (κ1) is 75.1. The van der Waals surface area contributed by atoms with Gasteiger partial charge in [-0.15, -0.1) is 23.4 Å². The van der Waals surface area contributed by atoms with Crippen LogP contribution in [0.2, 0.25) is 0 Å². The number of ether oxygens (including phenoxy) is 4. The van der Waals surface area contributed by atoms with Gasteiger partial charge in [0.15, 0.2) is 12.2 Å². The van der Waals surface area contributed by atoms with Crippen molar-refractivity contribution in [3.63, 3.8) is 0 Å². The van der Waals surface area contributed by atoms with E-state index in [1.807, 2.05) is 24.3 Å². The van der Waals surface area contributed by atoms with Gasteiger partial charge in [0.25, 0.3) is 11.8 Å². The number of thioether (sulfide) groups is 1. The number of aromatic amines is 2. The average molecular weight is 1440 g/mol. The number of urea groups is 1. The predicted molar refractivity (Wildman–Crippen MR) is 380 cm³/mol. The number of aromatic nitrogens is 2. The second kappa shape index (κ2) is 35.3. The summed E-state index contributed by atoms with van der Waals surface area (Å²) in [6.45, 7) is 2.17. The lowest BCUT2D eigenvalue weighted by molar-refractivity contribution is -0.155. The second-order valence-electron chi connectivity index (χ2n) is 23.6. The van der Waals surface area contributed by atoms with Crippen LogP contribution in [0.15, 0.2) is 108 Å². The molecule has 16 N–H and O–H groups in total. The monoisotopic (exact) mass is 1440 g/mol. The zero-order valence-electron chi connectivity index (χ0n) is 55.7. The highest BCUT2D eigenvalue weighted by Gasteiger charge is 2.39. The fraction of sp³-hybridized carbons (Fsp3) is 0.338. The molecule has 0 saturated carbocycles. The van der Waals surface area contributed by atoms with Gasteiger partial charge in [0, 0.05) is 113 Å². The number of hydrazone groups is 1. The van der Waals surface area contributed by atoms with Crippen LogP contribution in [0.5, 0.6) is 11.5 Å². The number of rotatable bonds is 34. The maximum atomic E-state index is 14.3. The van der Waals surface area contributed by atoms with Crippen LogP contribution in [0.3, 0.4) is 0 Å². The first-order valence-electron chi connectivity index (χ1n) is 32.2. The molecule has 1 fully saturated rings. The first-order valence-corrected chi connectivity index (χ1v) is 33.8. The summed E-state index contributed by atoms with van der Waals surface area (Å²) in [5.41, 5.74) is 18.4. The normalized spacial score (nSPS) is 15.1. The van der Waals surface area contributed by atoms with Crippen LogP contribution in [0.25, 0.3) is 32.6 Å². The molecule has 2 aromatic heterocycles. The number of esters is 1. The molecule has 538 valence electrons. The Hall–Kier alpha value is -11.1. The van der Waals surface area contributed by atoms with E-state index in [0.29, 0.717) is 80.3 Å². The summed E-state index contributed by atoms with van der Waals surface area (Å²) in [5, 5.41) is 40.8. The summed E-state index contributed by atoms with van der Waals surface area (Å²) < 4.78 is 23.1. The number of hydrogen-bond acceptors (Lipinski definition) is 19. The molecule has 10 amide bonds. The topological polar surface area (TPSA) is 467 Å². The van der Waals surface area contributed by atoms with Crippen molar-refractivity contribution in [3.05, 3.63) is 126 Å². The highest BCUT2D eigenvalue weighted by molar-refractivity contribution is 8.00. The fourth-order valence-corrected chi connectivity index (χ4v) is 12.7. The third-order valence-corrected chi connectivity index (χ3v) is 17.9. The number of fused-ring (bicyclic) bond motifs is 5. The van der Waals surface area contributed by atoms with Crippen molar-refractivity contribution in [2.75, 3.05) is 86.8 Å². The average Bonchev–Trinajstić information content (AvgIpc) is 1.55. The molecular weight excluding hydrogens is 1360 g/mol. The number of alkyl halides is 1. The Labute approximate surface area is 592 Å². The molecule has 0 spiro atoms. The number of nitrogens with one attached hydrogen (secondary N) is 11. The number of carboxylic acids is 1. The molecule has 2 aliphatic heterocycles. The molecule has 3 unspecified atom stereocenters. The molecule has 1 saturated heterocycles. The van der Waals surface area contributed by atoms with Crippen LogP contribution in [0.4, 0.5) is 21.9 Å². The molecule has 0 bridgehead atoms. The predicted octanol–water partition coefficient (Wildman–Crippen LogP) is 4.35. The van der Waals surface area contributed by atoms with Crippen molar-refractivity contribution < 1.29 is 76.8 Å². The van der Waals surface area contributed by atoms with E-state index in [2.05, 4.69) is 57.7 Å². The number of nitrogens with zero attached hydrogens (tertiary/aromatic N) is 3. The van der Waals surface area contributed by atoms with Crippen molar-refractivity contribution in [1.29, 1.82) is 5.41 Å². The molecule has 5 atom stereocenters. The minimum Gasteiger partial charge on any atom is -0.497 e. The molecule has 32 nitrogen and oxygen atoms in total. The van der Waals surface area contributed by atoms with Gasteiger partial charge in [-0.05, 0) is 91.4 Å². The number of amides is 10. The lowest BCUT2D eigenvalue weighted by atomic mass is 9.95. The van der Waals surface area contributed by atoms with E-state index in [1.54, 1.807) is 90.7 Å². The van der Waals surface area contributed by atoms with E-state index in [9.17, 15) is 57.8 Å². The van der Waals surface area contributed by atoms with Gasteiger partial charge in [-0.2, -0.15) is 5.10 Å². The number of carbonyl (C=O) groups is 11. The summed E-state index contributed by atoms with van der Waals surface area (Å²) in [5.74, 6) is -5.94. The van der Waals surface area contributed by atoms with E-state index in [-0.39, 0.29) is 87.2 Å². The van der Waals surface area contributed by atoms with Gasteiger partial charge >= 0.3 is 18.0 Å². The highest BCUT2D eigenvalue weighted by Crippen LogP contribution is 2.46. The van der Waals surface area contributed by atoms with Crippen LogP contribution in [0.1, 0.15) is 90.3 Å². The molecule has 0 radical (unpaired) electrons. The molecular formula is C68H77ClN16O16S. The van der Waals surface area contributed by atoms with Gasteiger partial charge in [0.1, 0.15) is 35.0 Å². The third-order valence-electron chi connectivity index (χ3n) is 16.3. The fourth-order valence-electron chi connectivity index (χ4n) is 11.4. The zero-order chi connectivity index (χ0) is 73.1. The quantitative estimate of drug-likeness (QED) is 0.00307. The molecule has 0 aliphatic carbocycles. The molecule has 102 heavy (non-hydrogen) atoms. The Balaban J connectivity index is 0.709. The maximum Gasteiger partial charge on any atom is 0.339 e. The van der Waals surface area contributed by atoms with Crippen LogP contribution >= 0.6 is 23.4 Å². The zero-order valence-corrected chi connectivity index (χ0v) is 57.2. The summed E-state index contributed by atoms with van der Waals surface area (Å²) in [6.07, 6.45) is -1.31. The Kier molecular flexibility index (Phi) is 26.0. The van der Waals surface area contributed by atoms with E-state index >= 15 is 0 Å². The number of halogens is 1. The highest BCUT2D eigenvalue weighted by atomic mass is 35.5. The largest absolute Gasteiger partial charge is 0.497 e. The second-order valence-corrected chi connectivity index (χ2v) is 25.2. The molecule has 9 rings (SSSR count). The van der Waals surface area contributed by atoms with E-state index < -0.39 is 102 Å². The molecule has 34 heteroatoms. The maximum absolute atomic E-state index is 14.3. The first-order chi connectivity index (χ1) is 49.0. The molecule has 7 aromatic rings. The van der Waals surface area contributed by atoms with Gasteiger partial charge in [-0.1, -0.05) is 36.4 Å². The number of anilines is 3. The molecule has 2 aliphatic rings. The standard InChI is InChI=1S/C68H77ClN16O16S/c1-36(82-83-68(97)77-43-13-17-47-39(26-43)27-50(78-47)63(94)76-42-12-16-48-40(25-42)28-52(79-48)64(95)85-35-41(32-69)60-46-8-5-4-7-45(46)54(30-53(60)85)101-37(2)86)18-22-99-66(38-10-14-44(98-3)15-11-38)100-23-21-84-58(89)31-55(65(84)96)102-24-20-73-62(93)51(29-59(90)91)81-57(88)34-75-61(92)49(80-56(87)33-70)9-6-19-74-67(71)72/h4-5,7-8,10-17,25-28,30,41,49,51,55,66,78-79H,6,9,18-24,29,31-35,70H2,1-3H3,(H,73,93)(H,75,92)(H,76,94)(H,80,87)(H,81,88)(H,90,91)(H4,71,72,74)(H2,77,83,97)/b82-36-/t41?,49-,51-,55?,66?/m0/s1. The van der Waals surface area contributed by atoms with Crippen molar-refractivity contribution >= 4 is 150 Å². The van der Waals surface area contributed by atoms with Crippen molar-refractivity contribution in [2.45, 2.75) is 75.5 Å². The smallest absolute Gasteiger partial charge is 0.339 e. The van der Waals surface area contributed by atoms with E-state index in [0.717, 1.165) is 33.0 Å². The van der Waals surface area contributed by atoms with Crippen molar-refractivity contribution in [2.24, 2.45) is 16.6 Å². The van der Waals surface area contributed by atoms with Crippen LogP contribution in [-0.4, -0.2) is 185 Å². The number of H-pyrrole nitrogens is 2. The molecule has 4 heterocycles. The Morgan fingerprint density at radius 2 is 1.46 bits per heavy atom. The Bertz CT molecular complexity index is 4380. The van der Waals surface area contributed by atoms with Crippen LogP contribution in [-0.2, 0) is 47.8 Å². The van der Waals surface area contributed by atoms with Gasteiger partial charge in [-0.3, -0.25) is 58.3 Å². The summed E-state index contributed by atoms with van der Waals surface area (Å²) in [4.78, 5) is 151.